The molecule has 0 bridgehead atoms. The van der Waals surface area contributed by atoms with Crippen molar-refractivity contribution in [1.29, 1.82) is 0 Å². The minimum absolute atomic E-state index is 0.0564. The zero-order chi connectivity index (χ0) is 20.4. The molecule has 1 fully saturated rings. The molecule has 2 amide bonds. The van der Waals surface area contributed by atoms with Crippen LogP contribution in [0, 0.1) is 13.8 Å². The number of hydrogen-bond acceptors (Lipinski definition) is 4. The maximum absolute atomic E-state index is 13.0. The average molecular weight is 390 g/mol. The predicted octanol–water partition coefficient (Wildman–Crippen LogP) is 3.14. The Morgan fingerprint density at radius 3 is 2.38 bits per heavy atom. The van der Waals surface area contributed by atoms with E-state index in [4.69, 9.17) is 0 Å². The number of carbonyl (C=O) groups is 2. The molecule has 0 unspecified atom stereocenters. The molecule has 0 spiro atoms. The lowest BCUT2D eigenvalue weighted by Gasteiger charge is -2.37. The number of aryl methyl sites for hydroxylation is 2. The average Bonchev–Trinajstić information content (AvgIpc) is 2.76. The number of anilines is 2. The van der Waals surface area contributed by atoms with E-state index in [-0.39, 0.29) is 11.8 Å². The third kappa shape index (κ3) is 4.01. The highest BCUT2D eigenvalue weighted by molar-refractivity contribution is 6.40. The molecule has 0 aromatic heterocycles. The molecule has 0 atom stereocenters. The van der Waals surface area contributed by atoms with Crippen LogP contribution in [0.1, 0.15) is 24.0 Å². The summed E-state index contributed by atoms with van der Waals surface area (Å²) in [6.07, 6.45) is 0.708. The van der Waals surface area contributed by atoms with Crippen LogP contribution in [-0.4, -0.2) is 48.6 Å². The van der Waals surface area contributed by atoms with E-state index < -0.39 is 0 Å². The third-order valence-electron chi connectivity index (χ3n) is 5.55. The predicted molar refractivity (Wildman–Crippen MR) is 115 cm³/mol. The van der Waals surface area contributed by atoms with Gasteiger partial charge in [0.25, 0.3) is 5.91 Å². The summed E-state index contributed by atoms with van der Waals surface area (Å²) < 4.78 is 0. The fraction of sp³-hybridized carbons (Fsp3) is 0.348. The lowest BCUT2D eigenvalue weighted by atomic mass is 10.1. The number of rotatable bonds is 3. The Hall–Kier alpha value is -3.15. The minimum Gasteiger partial charge on any atom is -0.368 e. The Kier molecular flexibility index (Phi) is 5.34. The van der Waals surface area contributed by atoms with Crippen LogP contribution < -0.4 is 9.91 Å². The zero-order valence-corrected chi connectivity index (χ0v) is 17.0. The Morgan fingerprint density at radius 2 is 1.66 bits per heavy atom. The van der Waals surface area contributed by atoms with E-state index in [1.54, 1.807) is 0 Å². The topological polar surface area (TPSA) is 56.2 Å². The van der Waals surface area contributed by atoms with Gasteiger partial charge in [-0.05, 0) is 43.2 Å². The van der Waals surface area contributed by atoms with E-state index in [9.17, 15) is 9.59 Å². The fourth-order valence-electron chi connectivity index (χ4n) is 3.87. The maximum Gasteiger partial charge on any atom is 0.270 e. The van der Waals surface area contributed by atoms with Gasteiger partial charge in [-0.2, -0.15) is 5.10 Å². The molecule has 0 aliphatic carbocycles. The summed E-state index contributed by atoms with van der Waals surface area (Å²) in [5.41, 5.74) is 4.90. The smallest absolute Gasteiger partial charge is 0.270 e. The molecule has 150 valence electrons. The van der Waals surface area contributed by atoms with Gasteiger partial charge in [0.05, 0.1) is 5.69 Å². The molecule has 1 saturated heterocycles. The van der Waals surface area contributed by atoms with Gasteiger partial charge >= 0.3 is 0 Å². The molecule has 2 aliphatic rings. The lowest BCUT2D eigenvalue weighted by Crippen LogP contribution is -2.51. The molecule has 2 aromatic rings. The van der Waals surface area contributed by atoms with Gasteiger partial charge < -0.3 is 9.80 Å². The highest BCUT2D eigenvalue weighted by Crippen LogP contribution is 2.24. The second-order valence-corrected chi connectivity index (χ2v) is 7.66. The van der Waals surface area contributed by atoms with Gasteiger partial charge in [0.1, 0.15) is 5.71 Å². The first-order valence-electron chi connectivity index (χ1n) is 10.1. The Bertz CT molecular complexity index is 947. The van der Waals surface area contributed by atoms with Crippen molar-refractivity contribution in [3.05, 3.63) is 59.7 Å². The van der Waals surface area contributed by atoms with Crippen molar-refractivity contribution in [2.75, 3.05) is 36.1 Å². The van der Waals surface area contributed by atoms with Gasteiger partial charge in [0.2, 0.25) is 5.91 Å². The van der Waals surface area contributed by atoms with Crippen LogP contribution in [-0.2, 0) is 9.59 Å². The van der Waals surface area contributed by atoms with Crippen molar-refractivity contribution >= 4 is 28.9 Å². The van der Waals surface area contributed by atoms with E-state index in [0.717, 1.165) is 13.1 Å². The quantitative estimate of drug-likeness (QED) is 0.809. The molecular weight excluding hydrogens is 364 g/mol. The molecule has 4 rings (SSSR count). The van der Waals surface area contributed by atoms with Crippen molar-refractivity contribution in [1.82, 2.24) is 4.90 Å². The summed E-state index contributed by atoms with van der Waals surface area (Å²) in [6.45, 7) is 7.13. The first kappa shape index (κ1) is 19.2. The number of benzene rings is 2. The molecule has 29 heavy (non-hydrogen) atoms. The second-order valence-electron chi connectivity index (χ2n) is 7.66. The van der Waals surface area contributed by atoms with Crippen molar-refractivity contribution in [2.45, 2.75) is 26.7 Å². The zero-order valence-electron chi connectivity index (χ0n) is 17.0. The molecule has 6 nitrogen and oxygen atoms in total. The minimum atomic E-state index is -0.0764. The number of hydrazone groups is 1. The van der Waals surface area contributed by atoms with Gasteiger partial charge in [-0.25, -0.2) is 5.01 Å². The Labute approximate surface area is 171 Å². The van der Waals surface area contributed by atoms with Gasteiger partial charge in [-0.3, -0.25) is 9.59 Å². The highest BCUT2D eigenvalue weighted by Gasteiger charge is 2.30. The third-order valence-corrected chi connectivity index (χ3v) is 5.55. The van der Waals surface area contributed by atoms with Gasteiger partial charge in [-0.15, -0.1) is 0 Å². The summed E-state index contributed by atoms with van der Waals surface area (Å²) in [5, 5.41) is 5.77. The summed E-state index contributed by atoms with van der Waals surface area (Å²) in [7, 11) is 0. The standard InChI is InChI=1S/C23H26N4O2/c1-17-8-9-18(2)21(16-17)25-12-14-26(15-13-25)23(29)20-10-11-22(28)27(24-20)19-6-4-3-5-7-19/h3-9,16H,10-15H2,1-2H3. The normalized spacial score (nSPS) is 17.4. The van der Waals surface area contributed by atoms with Crippen LogP contribution >= 0.6 is 0 Å². The highest BCUT2D eigenvalue weighted by atomic mass is 16.2. The largest absolute Gasteiger partial charge is 0.368 e. The molecule has 2 heterocycles. The number of hydrogen-bond donors (Lipinski definition) is 0. The van der Waals surface area contributed by atoms with Gasteiger partial charge in [-0.1, -0.05) is 30.3 Å². The van der Waals surface area contributed by atoms with Crippen LogP contribution in [0.25, 0.3) is 0 Å². The van der Waals surface area contributed by atoms with Crippen LogP contribution in [0.4, 0.5) is 11.4 Å². The summed E-state index contributed by atoms with van der Waals surface area (Å²) in [5.74, 6) is -0.133. The fourth-order valence-corrected chi connectivity index (χ4v) is 3.87. The number of para-hydroxylation sites is 1. The van der Waals surface area contributed by atoms with E-state index in [1.165, 1.54) is 21.8 Å². The first-order chi connectivity index (χ1) is 14.0. The molecular formula is C23H26N4O2. The van der Waals surface area contributed by atoms with Crippen molar-refractivity contribution in [3.8, 4) is 0 Å². The summed E-state index contributed by atoms with van der Waals surface area (Å²) in [6, 6.07) is 15.8. The molecule has 0 radical (unpaired) electrons. The molecule has 2 aromatic carbocycles. The summed E-state index contributed by atoms with van der Waals surface area (Å²) >= 11 is 0. The number of carbonyl (C=O) groups excluding carboxylic acids is 2. The van der Waals surface area contributed by atoms with Crippen molar-refractivity contribution < 1.29 is 9.59 Å². The van der Waals surface area contributed by atoms with Gasteiger partial charge in [0.15, 0.2) is 0 Å². The second kappa shape index (κ2) is 8.07. The monoisotopic (exact) mass is 390 g/mol. The van der Waals surface area contributed by atoms with Crippen LogP contribution in [0.5, 0.6) is 0 Å². The van der Waals surface area contributed by atoms with Crippen LogP contribution in [0.3, 0.4) is 0 Å². The van der Waals surface area contributed by atoms with E-state index in [0.29, 0.717) is 37.3 Å². The number of nitrogens with zero attached hydrogens (tertiary/aromatic N) is 4. The lowest BCUT2D eigenvalue weighted by molar-refractivity contribution is -0.124. The first-order valence-corrected chi connectivity index (χ1v) is 10.1. The van der Waals surface area contributed by atoms with Crippen LogP contribution in [0.15, 0.2) is 53.6 Å². The number of piperazine rings is 1. The van der Waals surface area contributed by atoms with Crippen molar-refractivity contribution in [2.24, 2.45) is 5.10 Å². The van der Waals surface area contributed by atoms with Crippen LogP contribution in [0.2, 0.25) is 0 Å². The maximum atomic E-state index is 13.0. The SMILES string of the molecule is Cc1ccc(C)c(N2CCN(C(=O)C3=NN(c4ccccc4)C(=O)CC3)CC2)c1. The molecule has 2 aliphatic heterocycles. The van der Waals surface area contributed by atoms with E-state index in [1.807, 2.05) is 35.2 Å². The van der Waals surface area contributed by atoms with Gasteiger partial charge in [0, 0.05) is 44.7 Å². The van der Waals surface area contributed by atoms with E-state index in [2.05, 4.69) is 42.0 Å². The summed E-state index contributed by atoms with van der Waals surface area (Å²) in [4.78, 5) is 29.5. The van der Waals surface area contributed by atoms with Crippen molar-refractivity contribution in [3.63, 3.8) is 0 Å². The molecule has 0 saturated carbocycles. The molecule has 6 heteroatoms. The number of amides is 2. The Morgan fingerprint density at radius 1 is 0.931 bits per heavy atom. The Balaban J connectivity index is 1.45. The molecule has 0 N–H and O–H groups in total. The van der Waals surface area contributed by atoms with E-state index >= 15 is 0 Å².